The van der Waals surface area contributed by atoms with Gasteiger partial charge in [0, 0.05) is 0 Å². The van der Waals surface area contributed by atoms with Crippen LogP contribution in [0, 0.1) is 0 Å². The maximum atomic E-state index is 10.3. The average molecular weight is 421 g/mol. The van der Waals surface area contributed by atoms with Crippen LogP contribution >= 0.6 is 0 Å². The zero-order chi connectivity index (χ0) is 21.9. The topological polar surface area (TPSA) is 29.5 Å². The van der Waals surface area contributed by atoms with Gasteiger partial charge in [-0.2, -0.15) is 0 Å². The quantitative estimate of drug-likeness (QED) is 0.182. The van der Waals surface area contributed by atoms with Crippen molar-refractivity contribution in [1.29, 1.82) is 0 Å². The zero-order valence-corrected chi connectivity index (χ0v) is 20.3. The van der Waals surface area contributed by atoms with Crippen LogP contribution in [-0.2, 0) is 0 Å². The Morgan fingerprint density at radius 3 is 1.70 bits per heavy atom. The Morgan fingerprint density at radius 1 is 0.733 bits per heavy atom. The van der Waals surface area contributed by atoms with Crippen molar-refractivity contribution in [2.75, 3.05) is 33.8 Å². The van der Waals surface area contributed by atoms with Crippen LogP contribution in [0.2, 0.25) is 0 Å². The van der Waals surface area contributed by atoms with Crippen LogP contribution in [0.4, 0.5) is 0 Å². The van der Waals surface area contributed by atoms with Crippen LogP contribution < -0.4 is 4.74 Å². The van der Waals surface area contributed by atoms with Gasteiger partial charge in [0.1, 0.15) is 25.0 Å². The SMILES string of the molecule is CCCCCCCCCCCCCCCC[N+](C)(C)CC(O)COc1ccccc1. The average Bonchev–Trinajstić information content (AvgIpc) is 2.73. The van der Waals surface area contributed by atoms with Gasteiger partial charge in [-0.15, -0.1) is 0 Å². The fourth-order valence-electron chi connectivity index (χ4n) is 4.16. The highest BCUT2D eigenvalue weighted by Gasteiger charge is 2.20. The molecular formula is C27H50NO2+. The van der Waals surface area contributed by atoms with Gasteiger partial charge < -0.3 is 14.3 Å². The van der Waals surface area contributed by atoms with E-state index in [-0.39, 0.29) is 0 Å². The number of likely N-dealkylation sites (N-methyl/N-ethyl adjacent to an activating group) is 1. The molecule has 0 aromatic heterocycles. The predicted octanol–water partition coefficient (Wildman–Crippen LogP) is 6.98. The molecule has 3 heteroatoms. The first-order valence-corrected chi connectivity index (χ1v) is 12.7. The third-order valence-electron chi connectivity index (χ3n) is 6.01. The first-order valence-electron chi connectivity index (χ1n) is 12.7. The van der Waals surface area contributed by atoms with Crippen molar-refractivity contribution in [1.82, 2.24) is 0 Å². The molecule has 0 amide bonds. The summed E-state index contributed by atoms with van der Waals surface area (Å²) in [5, 5.41) is 10.3. The Bertz CT molecular complexity index is 489. The third kappa shape index (κ3) is 15.7. The molecule has 0 saturated carbocycles. The molecule has 3 nitrogen and oxygen atoms in total. The number of ether oxygens (including phenoxy) is 1. The van der Waals surface area contributed by atoms with Gasteiger partial charge in [0.2, 0.25) is 0 Å². The molecule has 1 atom stereocenters. The van der Waals surface area contributed by atoms with Crippen molar-refractivity contribution in [2.45, 2.75) is 103 Å². The lowest BCUT2D eigenvalue weighted by molar-refractivity contribution is -0.893. The van der Waals surface area contributed by atoms with Crippen molar-refractivity contribution in [3.05, 3.63) is 30.3 Å². The van der Waals surface area contributed by atoms with Gasteiger partial charge in [-0.1, -0.05) is 102 Å². The van der Waals surface area contributed by atoms with E-state index in [1.165, 1.54) is 89.9 Å². The number of aliphatic hydroxyl groups is 1. The molecule has 1 aromatic rings. The van der Waals surface area contributed by atoms with Crippen molar-refractivity contribution < 1.29 is 14.3 Å². The number of hydrogen-bond acceptors (Lipinski definition) is 2. The molecule has 0 bridgehead atoms. The molecule has 0 saturated heterocycles. The van der Waals surface area contributed by atoms with E-state index < -0.39 is 6.10 Å². The Hall–Kier alpha value is -1.06. The van der Waals surface area contributed by atoms with E-state index in [2.05, 4.69) is 21.0 Å². The zero-order valence-electron chi connectivity index (χ0n) is 20.3. The maximum Gasteiger partial charge on any atom is 0.137 e. The van der Waals surface area contributed by atoms with Gasteiger partial charge in [0.25, 0.3) is 0 Å². The van der Waals surface area contributed by atoms with Gasteiger partial charge in [-0.3, -0.25) is 0 Å². The summed E-state index contributed by atoms with van der Waals surface area (Å²) in [6.45, 7) is 4.52. The summed E-state index contributed by atoms with van der Waals surface area (Å²) >= 11 is 0. The van der Waals surface area contributed by atoms with E-state index in [9.17, 15) is 5.11 Å². The monoisotopic (exact) mass is 420 g/mol. The predicted molar refractivity (Wildman–Crippen MR) is 130 cm³/mol. The standard InChI is InChI=1S/C27H50NO2/c1-4-5-6-7-8-9-10-11-12-13-14-15-16-20-23-28(2,3)24-26(29)25-30-27-21-18-17-19-22-27/h17-19,21-22,26,29H,4-16,20,23-25H2,1-3H3/q+1. The Labute approximate surface area is 187 Å². The van der Waals surface area contributed by atoms with Crippen molar-refractivity contribution in [3.63, 3.8) is 0 Å². The second-order valence-electron chi connectivity index (χ2n) is 9.72. The fourth-order valence-corrected chi connectivity index (χ4v) is 4.16. The number of nitrogens with zero attached hydrogens (tertiary/aromatic N) is 1. The molecule has 0 heterocycles. The Kier molecular flexibility index (Phi) is 15.8. The minimum Gasteiger partial charge on any atom is -0.491 e. The third-order valence-corrected chi connectivity index (χ3v) is 6.01. The van der Waals surface area contributed by atoms with Crippen molar-refractivity contribution >= 4 is 0 Å². The van der Waals surface area contributed by atoms with Gasteiger partial charge in [-0.25, -0.2) is 0 Å². The molecule has 1 unspecified atom stereocenters. The lowest BCUT2D eigenvalue weighted by atomic mass is 10.0. The van der Waals surface area contributed by atoms with E-state index >= 15 is 0 Å². The van der Waals surface area contributed by atoms with Crippen LogP contribution in [-0.4, -0.2) is 49.5 Å². The fraction of sp³-hybridized carbons (Fsp3) is 0.778. The molecular weight excluding hydrogens is 370 g/mol. The molecule has 0 aliphatic heterocycles. The number of aliphatic hydroxyl groups excluding tert-OH is 1. The summed E-state index contributed by atoms with van der Waals surface area (Å²) in [5.74, 6) is 0.828. The molecule has 0 aliphatic rings. The Morgan fingerprint density at radius 2 is 1.20 bits per heavy atom. The number of quaternary nitrogens is 1. The van der Waals surface area contributed by atoms with Crippen LogP contribution in [0.3, 0.4) is 0 Å². The summed E-state index contributed by atoms with van der Waals surface area (Å²) in [7, 11) is 4.43. The highest BCUT2D eigenvalue weighted by molar-refractivity contribution is 5.20. The smallest absolute Gasteiger partial charge is 0.137 e. The number of hydrogen-bond donors (Lipinski definition) is 1. The van der Waals surface area contributed by atoms with Gasteiger partial charge in [0.05, 0.1) is 20.6 Å². The molecule has 30 heavy (non-hydrogen) atoms. The summed E-state index contributed by atoms with van der Waals surface area (Å²) in [6.07, 6.45) is 19.1. The minimum atomic E-state index is -0.424. The number of unbranched alkanes of at least 4 members (excludes halogenated alkanes) is 13. The number of benzene rings is 1. The van der Waals surface area contributed by atoms with Crippen LogP contribution in [0.1, 0.15) is 96.8 Å². The summed E-state index contributed by atoms with van der Waals surface area (Å²) in [6, 6.07) is 9.75. The van der Waals surface area contributed by atoms with E-state index in [1.807, 2.05) is 30.3 Å². The highest BCUT2D eigenvalue weighted by Crippen LogP contribution is 2.14. The van der Waals surface area contributed by atoms with E-state index in [0.29, 0.717) is 6.61 Å². The molecule has 1 N–H and O–H groups in total. The van der Waals surface area contributed by atoms with Crippen molar-refractivity contribution in [2.24, 2.45) is 0 Å². The number of para-hydroxylation sites is 1. The second-order valence-corrected chi connectivity index (χ2v) is 9.72. The second kappa shape index (κ2) is 17.6. The van der Waals surface area contributed by atoms with Gasteiger partial charge >= 0.3 is 0 Å². The molecule has 174 valence electrons. The van der Waals surface area contributed by atoms with E-state index in [4.69, 9.17) is 4.74 Å². The van der Waals surface area contributed by atoms with Gasteiger partial charge in [-0.05, 0) is 25.0 Å². The van der Waals surface area contributed by atoms with E-state index in [1.54, 1.807) is 0 Å². The molecule has 0 spiro atoms. The lowest BCUT2D eigenvalue weighted by Crippen LogP contribution is -2.47. The van der Waals surface area contributed by atoms with Crippen LogP contribution in [0.5, 0.6) is 5.75 Å². The van der Waals surface area contributed by atoms with E-state index in [0.717, 1.165) is 23.3 Å². The molecule has 1 rings (SSSR count). The largest absolute Gasteiger partial charge is 0.491 e. The highest BCUT2D eigenvalue weighted by atomic mass is 16.5. The summed E-state index contributed by atoms with van der Waals surface area (Å²) < 4.78 is 6.54. The first-order chi connectivity index (χ1) is 14.5. The first kappa shape index (κ1) is 27.0. The van der Waals surface area contributed by atoms with Crippen LogP contribution in [0.15, 0.2) is 30.3 Å². The van der Waals surface area contributed by atoms with Crippen molar-refractivity contribution in [3.8, 4) is 5.75 Å². The maximum absolute atomic E-state index is 10.3. The summed E-state index contributed by atoms with van der Waals surface area (Å²) in [4.78, 5) is 0. The molecule has 1 aromatic carbocycles. The Balaban J connectivity index is 1.92. The molecule has 0 radical (unpaired) electrons. The van der Waals surface area contributed by atoms with Gasteiger partial charge in [0.15, 0.2) is 0 Å². The summed E-state index contributed by atoms with van der Waals surface area (Å²) in [5.41, 5.74) is 0. The minimum absolute atomic E-state index is 0.366. The normalized spacial score (nSPS) is 12.8. The number of rotatable bonds is 20. The van der Waals surface area contributed by atoms with Crippen LogP contribution in [0.25, 0.3) is 0 Å². The molecule has 0 aliphatic carbocycles. The molecule has 0 fully saturated rings. The lowest BCUT2D eigenvalue weighted by Gasteiger charge is -2.31.